The van der Waals surface area contributed by atoms with Crippen LogP contribution in [0.3, 0.4) is 0 Å². The molecule has 4 amide bonds. The molecule has 1 aliphatic rings. The quantitative estimate of drug-likeness (QED) is 0.174. The third kappa shape index (κ3) is 6.49. The topological polar surface area (TPSA) is 234 Å². The molecular weight excluding hydrogens is 426 g/mol. The zero-order valence-electron chi connectivity index (χ0n) is 17.2. The summed E-state index contributed by atoms with van der Waals surface area (Å²) in [6.07, 6.45) is 3.41. The number of aliphatic hydroxyl groups is 1. The van der Waals surface area contributed by atoms with Crippen molar-refractivity contribution < 1.29 is 34.2 Å². The van der Waals surface area contributed by atoms with E-state index < -0.39 is 66.8 Å². The lowest BCUT2D eigenvalue weighted by molar-refractivity contribution is -0.144. The Labute approximate surface area is 182 Å². The summed E-state index contributed by atoms with van der Waals surface area (Å²) in [6, 6.07) is -4.95. The highest BCUT2D eigenvalue weighted by molar-refractivity contribution is 5.96. The molecule has 1 aliphatic heterocycles. The molecule has 0 aromatic carbocycles. The first kappa shape index (κ1) is 24.7. The molecule has 1 fully saturated rings. The summed E-state index contributed by atoms with van der Waals surface area (Å²) in [7, 11) is 0. The molecule has 4 unspecified atom stereocenters. The molecule has 32 heavy (non-hydrogen) atoms. The van der Waals surface area contributed by atoms with Crippen LogP contribution in [0.2, 0.25) is 0 Å². The number of carboxylic acids is 1. The van der Waals surface area contributed by atoms with E-state index >= 15 is 0 Å². The van der Waals surface area contributed by atoms with Crippen LogP contribution in [0, 0.1) is 0 Å². The Morgan fingerprint density at radius 3 is 2.53 bits per heavy atom. The molecule has 0 radical (unpaired) electrons. The molecule has 9 N–H and O–H groups in total. The highest BCUT2D eigenvalue weighted by Gasteiger charge is 2.38. The number of aromatic amines is 1. The van der Waals surface area contributed by atoms with E-state index in [2.05, 4.69) is 15.3 Å². The van der Waals surface area contributed by atoms with Gasteiger partial charge in [-0.1, -0.05) is 0 Å². The summed E-state index contributed by atoms with van der Waals surface area (Å²) in [5, 5.41) is 22.4. The third-order valence-corrected chi connectivity index (χ3v) is 4.99. The van der Waals surface area contributed by atoms with Crippen LogP contribution in [0.4, 0.5) is 0 Å². The Kier molecular flexibility index (Phi) is 8.66. The fourth-order valence-corrected chi connectivity index (χ4v) is 3.37. The Hall–Kier alpha value is -3.52. The number of likely N-dealkylation sites (tertiary alicyclic amines) is 1. The number of imidazole rings is 1. The number of hydrogen-bond acceptors (Lipinski definition) is 8. The minimum atomic E-state index is -1.63. The molecule has 14 heteroatoms. The van der Waals surface area contributed by atoms with Gasteiger partial charge in [0.15, 0.2) is 0 Å². The molecule has 1 aromatic heterocycles. The van der Waals surface area contributed by atoms with Crippen molar-refractivity contribution >= 4 is 29.6 Å². The number of aromatic nitrogens is 2. The number of carbonyl (C=O) groups is 5. The molecule has 14 nitrogen and oxygen atoms in total. The fourth-order valence-electron chi connectivity index (χ4n) is 3.37. The second kappa shape index (κ2) is 11.2. The molecule has 0 spiro atoms. The van der Waals surface area contributed by atoms with Crippen LogP contribution in [0.15, 0.2) is 12.5 Å². The van der Waals surface area contributed by atoms with Crippen molar-refractivity contribution in [1.29, 1.82) is 0 Å². The van der Waals surface area contributed by atoms with Crippen molar-refractivity contribution in [2.75, 3.05) is 13.2 Å². The number of carbonyl (C=O) groups excluding carboxylic acids is 4. The number of rotatable bonds is 11. The Morgan fingerprint density at radius 1 is 1.25 bits per heavy atom. The molecule has 0 saturated carbocycles. The Morgan fingerprint density at radius 2 is 1.97 bits per heavy atom. The van der Waals surface area contributed by atoms with E-state index in [9.17, 15) is 24.0 Å². The van der Waals surface area contributed by atoms with Crippen LogP contribution in [0.25, 0.3) is 0 Å². The SMILES string of the molecule is NC(=O)CC(NC(=O)C1CCCN1C(=O)C(N)Cc1cnc[nH]1)C(=O)NC(CO)C(=O)O. The maximum absolute atomic E-state index is 12.8. The number of carboxylic acid groups (broad SMARTS) is 1. The van der Waals surface area contributed by atoms with E-state index in [1.54, 1.807) is 0 Å². The first-order valence-electron chi connectivity index (χ1n) is 9.90. The normalized spacial score (nSPS) is 18.4. The number of aliphatic carboxylic acids is 1. The average molecular weight is 453 g/mol. The van der Waals surface area contributed by atoms with Crippen LogP contribution >= 0.6 is 0 Å². The van der Waals surface area contributed by atoms with Gasteiger partial charge in [-0.2, -0.15) is 0 Å². The second-order valence-electron chi connectivity index (χ2n) is 7.39. The van der Waals surface area contributed by atoms with Crippen molar-refractivity contribution in [3.05, 3.63) is 18.2 Å². The monoisotopic (exact) mass is 453 g/mol. The van der Waals surface area contributed by atoms with Crippen LogP contribution in [-0.2, 0) is 30.4 Å². The van der Waals surface area contributed by atoms with Gasteiger partial charge in [0.2, 0.25) is 23.6 Å². The minimum Gasteiger partial charge on any atom is -0.480 e. The molecule has 0 bridgehead atoms. The molecule has 176 valence electrons. The van der Waals surface area contributed by atoms with Crippen molar-refractivity contribution in [3.8, 4) is 0 Å². The van der Waals surface area contributed by atoms with Gasteiger partial charge in [-0.25, -0.2) is 9.78 Å². The molecule has 2 heterocycles. The average Bonchev–Trinajstić information content (AvgIpc) is 3.42. The van der Waals surface area contributed by atoms with Crippen LogP contribution in [0.1, 0.15) is 25.0 Å². The summed E-state index contributed by atoms with van der Waals surface area (Å²) in [5.74, 6) is -4.59. The maximum Gasteiger partial charge on any atom is 0.328 e. The summed E-state index contributed by atoms with van der Waals surface area (Å²) in [4.78, 5) is 68.4. The predicted molar refractivity (Wildman–Crippen MR) is 107 cm³/mol. The van der Waals surface area contributed by atoms with Gasteiger partial charge in [-0.3, -0.25) is 19.2 Å². The molecule has 4 atom stereocenters. The number of aliphatic hydroxyl groups excluding tert-OH is 1. The maximum atomic E-state index is 12.8. The Balaban J connectivity index is 2.06. The van der Waals surface area contributed by atoms with E-state index in [1.807, 2.05) is 5.32 Å². The zero-order valence-corrected chi connectivity index (χ0v) is 17.2. The number of nitrogens with zero attached hydrogens (tertiary/aromatic N) is 2. The smallest absolute Gasteiger partial charge is 0.328 e. The van der Waals surface area contributed by atoms with Crippen molar-refractivity contribution in [2.24, 2.45) is 11.5 Å². The predicted octanol–water partition coefficient (Wildman–Crippen LogP) is -3.81. The van der Waals surface area contributed by atoms with Gasteiger partial charge in [0, 0.05) is 24.9 Å². The van der Waals surface area contributed by atoms with Gasteiger partial charge in [0.25, 0.3) is 0 Å². The summed E-state index contributed by atoms with van der Waals surface area (Å²) in [6.45, 7) is -0.608. The third-order valence-electron chi connectivity index (χ3n) is 4.99. The van der Waals surface area contributed by atoms with Crippen molar-refractivity contribution in [1.82, 2.24) is 25.5 Å². The van der Waals surface area contributed by atoms with Crippen LogP contribution < -0.4 is 22.1 Å². The summed E-state index contributed by atoms with van der Waals surface area (Å²) >= 11 is 0. The lowest BCUT2D eigenvalue weighted by atomic mass is 10.1. The number of primary amides is 1. The van der Waals surface area contributed by atoms with Gasteiger partial charge in [-0.15, -0.1) is 0 Å². The number of H-pyrrole nitrogens is 1. The number of amides is 4. The number of nitrogens with one attached hydrogen (secondary N) is 3. The van der Waals surface area contributed by atoms with Gasteiger partial charge in [0.1, 0.15) is 18.1 Å². The van der Waals surface area contributed by atoms with E-state index in [0.29, 0.717) is 18.5 Å². The van der Waals surface area contributed by atoms with Crippen molar-refractivity contribution in [2.45, 2.75) is 49.9 Å². The van der Waals surface area contributed by atoms with Gasteiger partial charge >= 0.3 is 5.97 Å². The van der Waals surface area contributed by atoms with Crippen molar-refractivity contribution in [3.63, 3.8) is 0 Å². The number of nitrogens with two attached hydrogens (primary N) is 2. The Bertz CT molecular complexity index is 845. The fraction of sp³-hybridized carbons (Fsp3) is 0.556. The first-order chi connectivity index (χ1) is 15.1. The van der Waals surface area contributed by atoms with Crippen LogP contribution in [0.5, 0.6) is 0 Å². The highest BCUT2D eigenvalue weighted by atomic mass is 16.4. The highest BCUT2D eigenvalue weighted by Crippen LogP contribution is 2.19. The van der Waals surface area contributed by atoms with Crippen LogP contribution in [-0.4, -0.2) is 92.0 Å². The number of hydrogen-bond donors (Lipinski definition) is 7. The van der Waals surface area contributed by atoms with E-state index in [-0.39, 0.29) is 13.0 Å². The molecule has 1 saturated heterocycles. The van der Waals surface area contributed by atoms with Gasteiger partial charge in [0.05, 0.1) is 25.4 Å². The summed E-state index contributed by atoms with van der Waals surface area (Å²) in [5.41, 5.74) is 11.8. The zero-order chi connectivity index (χ0) is 23.8. The van der Waals surface area contributed by atoms with Gasteiger partial charge in [-0.05, 0) is 12.8 Å². The summed E-state index contributed by atoms with van der Waals surface area (Å²) < 4.78 is 0. The lowest BCUT2D eigenvalue weighted by Gasteiger charge is -2.28. The molecular formula is C18H27N7O7. The molecule has 0 aliphatic carbocycles. The first-order valence-corrected chi connectivity index (χ1v) is 9.90. The molecule has 1 aromatic rings. The standard InChI is InChI=1S/C18H27N7O7/c19-10(4-9-6-21-8-22-9)17(30)25-3-1-2-13(25)16(29)23-11(5-14(20)27)15(28)24-12(7-26)18(31)32/h6,8,10-13,26H,1-5,7,19H2,(H2,20,27)(H,21,22)(H,23,29)(H,24,28)(H,31,32). The van der Waals surface area contributed by atoms with E-state index in [0.717, 1.165) is 0 Å². The van der Waals surface area contributed by atoms with E-state index in [4.69, 9.17) is 21.7 Å². The second-order valence-corrected chi connectivity index (χ2v) is 7.39. The lowest BCUT2D eigenvalue weighted by Crippen LogP contribution is -2.57. The van der Waals surface area contributed by atoms with E-state index in [1.165, 1.54) is 17.4 Å². The minimum absolute atomic E-state index is 0.189. The molecule has 2 rings (SSSR count). The van der Waals surface area contributed by atoms with Gasteiger partial charge < -0.3 is 42.2 Å². The largest absolute Gasteiger partial charge is 0.480 e.